The molecular weight excluding hydrogens is 560 g/mol. The van der Waals surface area contributed by atoms with Crippen LogP contribution in [0.25, 0.3) is 5.57 Å². The third-order valence-corrected chi connectivity index (χ3v) is 9.94. The van der Waals surface area contributed by atoms with Gasteiger partial charge < -0.3 is 15.0 Å². The second-order valence-corrected chi connectivity index (χ2v) is 14.4. The minimum atomic E-state index is -0.0536. The molecule has 46 heavy (non-hydrogen) atoms. The van der Waals surface area contributed by atoms with Gasteiger partial charge in [-0.25, -0.2) is 0 Å². The Kier molecular flexibility index (Phi) is 10.3. The summed E-state index contributed by atoms with van der Waals surface area (Å²) in [5, 5.41) is 3.39. The van der Waals surface area contributed by atoms with Gasteiger partial charge in [0.15, 0.2) is 0 Å². The number of nitrogens with zero attached hydrogens (tertiary/aromatic N) is 1. The van der Waals surface area contributed by atoms with E-state index >= 15 is 0 Å². The molecule has 1 N–H and O–H groups in total. The van der Waals surface area contributed by atoms with Crippen molar-refractivity contribution in [1.82, 2.24) is 0 Å². The third kappa shape index (κ3) is 7.04. The van der Waals surface area contributed by atoms with Gasteiger partial charge in [0, 0.05) is 36.6 Å². The summed E-state index contributed by atoms with van der Waals surface area (Å²) in [7, 11) is 4.22. The fraction of sp³-hybridized carbons (Fsp3) is 0.395. The Morgan fingerprint density at radius 3 is 2.39 bits per heavy atom. The first-order valence-electron chi connectivity index (χ1n) is 17.2. The number of fused-ring (bicyclic) bond motifs is 1. The number of unbranched alkanes of at least 4 members (excludes halogenated alkanes) is 1. The van der Waals surface area contributed by atoms with Crippen molar-refractivity contribution < 1.29 is 4.74 Å². The first-order chi connectivity index (χ1) is 22.1. The molecule has 5 rings (SSSR count). The highest BCUT2D eigenvalue weighted by Gasteiger charge is 2.38. The number of anilines is 2. The molecule has 3 nitrogen and oxygen atoms in total. The van der Waals surface area contributed by atoms with Gasteiger partial charge in [0.1, 0.15) is 5.75 Å². The molecule has 0 amide bonds. The standard InChI is InChI=1S/C43H54N2O/c1-9-10-28-46-35-24-21-32(22-25-35)41-33(16-15-27-42(3,4)36-17-11-13-19-38(36)44-7)29-31(2)30-34(41)23-26-40-43(5,6)37-18-12-14-20-39(37)45(40)8/h11-26,31,44H,9-10,27-30H2,1-8H3/b16-15+,34-23+,40-26+. The van der Waals surface area contributed by atoms with Crippen LogP contribution in [0.2, 0.25) is 0 Å². The summed E-state index contributed by atoms with van der Waals surface area (Å²) < 4.78 is 6.04. The Hall–Kier alpha value is -3.98. The summed E-state index contributed by atoms with van der Waals surface area (Å²) >= 11 is 0. The van der Waals surface area contributed by atoms with Crippen LogP contribution in [0, 0.1) is 5.92 Å². The van der Waals surface area contributed by atoms with Crippen LogP contribution in [-0.4, -0.2) is 20.7 Å². The number of para-hydroxylation sites is 2. The van der Waals surface area contributed by atoms with Crippen LogP contribution in [0.4, 0.5) is 11.4 Å². The Morgan fingerprint density at radius 1 is 0.957 bits per heavy atom. The molecule has 1 aliphatic heterocycles. The van der Waals surface area contributed by atoms with Gasteiger partial charge in [-0.15, -0.1) is 0 Å². The fourth-order valence-electron chi connectivity index (χ4n) is 7.34. The molecule has 0 aromatic heterocycles. The third-order valence-electron chi connectivity index (χ3n) is 9.94. The topological polar surface area (TPSA) is 24.5 Å². The number of hydrogen-bond acceptors (Lipinski definition) is 3. The van der Waals surface area contributed by atoms with E-state index < -0.39 is 0 Å². The lowest BCUT2D eigenvalue weighted by atomic mass is 9.77. The Morgan fingerprint density at radius 2 is 1.67 bits per heavy atom. The lowest BCUT2D eigenvalue weighted by Crippen LogP contribution is -2.22. The van der Waals surface area contributed by atoms with Crippen molar-refractivity contribution in [3.05, 3.63) is 131 Å². The SMILES string of the molecule is CCCCOc1ccc(C2=C(/C=C/CC(C)(C)c3ccccc3NC)CC(C)C/C2=C\C=C2\N(C)c3ccccc3C2(C)C)cc1. The normalized spacial score (nSPS) is 19.7. The predicted molar refractivity (Wildman–Crippen MR) is 199 cm³/mol. The quantitative estimate of drug-likeness (QED) is 0.217. The summed E-state index contributed by atoms with van der Waals surface area (Å²) in [6, 6.07) is 26.3. The molecule has 1 heterocycles. The summed E-state index contributed by atoms with van der Waals surface area (Å²) in [4.78, 5) is 2.37. The summed E-state index contributed by atoms with van der Waals surface area (Å²) in [5.41, 5.74) is 12.0. The van der Waals surface area contributed by atoms with E-state index in [2.05, 4.69) is 156 Å². The maximum Gasteiger partial charge on any atom is 0.119 e. The molecule has 0 fully saturated rings. The number of hydrogen-bond donors (Lipinski definition) is 1. The molecule has 242 valence electrons. The second kappa shape index (κ2) is 14.2. The fourth-order valence-corrected chi connectivity index (χ4v) is 7.34. The minimum absolute atomic E-state index is 0.00528. The molecule has 0 saturated heterocycles. The average molecular weight is 615 g/mol. The molecule has 1 atom stereocenters. The highest BCUT2D eigenvalue weighted by molar-refractivity contribution is 5.85. The van der Waals surface area contributed by atoms with E-state index in [1.54, 1.807) is 0 Å². The van der Waals surface area contributed by atoms with Gasteiger partial charge in [0.05, 0.1) is 6.61 Å². The zero-order chi connectivity index (χ0) is 32.9. The first-order valence-corrected chi connectivity index (χ1v) is 17.2. The van der Waals surface area contributed by atoms with Gasteiger partial charge in [-0.05, 0) is 101 Å². The molecule has 3 aromatic carbocycles. The number of likely N-dealkylation sites (N-methyl/N-ethyl adjacent to an activating group) is 1. The van der Waals surface area contributed by atoms with Crippen LogP contribution in [0.15, 0.2) is 114 Å². The van der Waals surface area contributed by atoms with E-state index in [-0.39, 0.29) is 10.8 Å². The van der Waals surface area contributed by atoms with Crippen LogP contribution >= 0.6 is 0 Å². The molecule has 0 radical (unpaired) electrons. The number of rotatable bonds is 11. The van der Waals surface area contributed by atoms with Gasteiger partial charge in [-0.3, -0.25) is 0 Å². The molecule has 1 aliphatic carbocycles. The van der Waals surface area contributed by atoms with Crippen molar-refractivity contribution in [3.8, 4) is 5.75 Å². The molecule has 2 aliphatic rings. The summed E-state index contributed by atoms with van der Waals surface area (Å²) in [5.74, 6) is 1.51. The van der Waals surface area contributed by atoms with Crippen LogP contribution in [-0.2, 0) is 10.8 Å². The van der Waals surface area contributed by atoms with Gasteiger partial charge in [-0.2, -0.15) is 0 Å². The average Bonchev–Trinajstić information content (AvgIpc) is 3.24. The number of nitrogens with one attached hydrogen (secondary N) is 1. The zero-order valence-corrected chi connectivity index (χ0v) is 29.4. The number of benzene rings is 3. The molecular formula is C43H54N2O. The Labute approximate surface area is 278 Å². The van der Waals surface area contributed by atoms with Crippen molar-refractivity contribution in [2.75, 3.05) is 30.9 Å². The molecule has 3 aromatic rings. The molecule has 0 spiro atoms. The lowest BCUT2D eigenvalue weighted by molar-refractivity contribution is 0.309. The smallest absolute Gasteiger partial charge is 0.119 e. The Balaban J connectivity index is 1.54. The van der Waals surface area contributed by atoms with Gasteiger partial charge in [0.25, 0.3) is 0 Å². The van der Waals surface area contributed by atoms with E-state index in [1.165, 1.54) is 50.5 Å². The maximum absolute atomic E-state index is 6.04. The number of allylic oxidation sites excluding steroid dienone is 8. The first kappa shape index (κ1) is 33.4. The van der Waals surface area contributed by atoms with Crippen molar-refractivity contribution in [1.29, 1.82) is 0 Å². The van der Waals surface area contributed by atoms with Crippen LogP contribution in [0.1, 0.15) is 90.3 Å². The molecule has 1 unspecified atom stereocenters. The molecule has 0 bridgehead atoms. The van der Waals surface area contributed by atoms with E-state index in [9.17, 15) is 0 Å². The molecule has 3 heteroatoms. The van der Waals surface area contributed by atoms with Crippen LogP contribution in [0.5, 0.6) is 5.75 Å². The van der Waals surface area contributed by atoms with E-state index in [1.807, 2.05) is 7.05 Å². The summed E-state index contributed by atoms with van der Waals surface area (Å²) in [6.45, 7) is 14.7. The van der Waals surface area contributed by atoms with Crippen molar-refractivity contribution >= 4 is 16.9 Å². The zero-order valence-electron chi connectivity index (χ0n) is 29.4. The molecule has 0 saturated carbocycles. The Bertz CT molecular complexity index is 1630. The second-order valence-electron chi connectivity index (χ2n) is 14.4. The summed E-state index contributed by atoms with van der Waals surface area (Å²) in [6.07, 6.45) is 14.9. The van der Waals surface area contributed by atoms with Crippen molar-refractivity contribution in [2.24, 2.45) is 5.92 Å². The van der Waals surface area contributed by atoms with Gasteiger partial charge >= 0.3 is 0 Å². The van der Waals surface area contributed by atoms with Gasteiger partial charge in [0.2, 0.25) is 0 Å². The lowest BCUT2D eigenvalue weighted by Gasteiger charge is -2.29. The van der Waals surface area contributed by atoms with Crippen molar-refractivity contribution in [3.63, 3.8) is 0 Å². The van der Waals surface area contributed by atoms with Crippen molar-refractivity contribution in [2.45, 2.75) is 84.5 Å². The highest BCUT2D eigenvalue weighted by atomic mass is 16.5. The van der Waals surface area contributed by atoms with E-state index in [0.717, 1.165) is 44.5 Å². The predicted octanol–water partition coefficient (Wildman–Crippen LogP) is 11.3. The largest absolute Gasteiger partial charge is 0.494 e. The number of ether oxygens (including phenoxy) is 1. The minimum Gasteiger partial charge on any atom is -0.494 e. The van der Waals surface area contributed by atoms with Crippen LogP contribution in [0.3, 0.4) is 0 Å². The monoisotopic (exact) mass is 614 g/mol. The van der Waals surface area contributed by atoms with Crippen LogP contribution < -0.4 is 15.0 Å². The van der Waals surface area contributed by atoms with Gasteiger partial charge in [-0.1, -0.05) is 115 Å². The highest BCUT2D eigenvalue weighted by Crippen LogP contribution is 2.47. The van der Waals surface area contributed by atoms with E-state index in [0.29, 0.717) is 5.92 Å². The van der Waals surface area contributed by atoms with E-state index in [4.69, 9.17) is 4.74 Å². The maximum atomic E-state index is 6.04.